The van der Waals surface area contributed by atoms with Crippen LogP contribution in [0.2, 0.25) is 0 Å². The van der Waals surface area contributed by atoms with Crippen molar-refractivity contribution in [3.8, 4) is 0 Å². The minimum absolute atomic E-state index is 0.164. The molecular formula is C20H40N4O2. The number of nitrogens with zero attached hydrogens (tertiary/aromatic N) is 3. The van der Waals surface area contributed by atoms with Crippen molar-refractivity contribution < 1.29 is 9.59 Å². The number of carbonyl (C=O) groups is 2. The first-order chi connectivity index (χ1) is 12.5. The second-order valence-corrected chi connectivity index (χ2v) is 7.44. The Balaban J connectivity index is 2.02. The monoisotopic (exact) mass is 368 g/mol. The summed E-state index contributed by atoms with van der Waals surface area (Å²) in [7, 11) is 2.15. The lowest BCUT2D eigenvalue weighted by atomic mass is 10.2. The molecular weight excluding hydrogens is 328 g/mol. The summed E-state index contributed by atoms with van der Waals surface area (Å²) in [6, 6.07) is 0. The van der Waals surface area contributed by atoms with Gasteiger partial charge in [0.15, 0.2) is 0 Å². The summed E-state index contributed by atoms with van der Waals surface area (Å²) < 4.78 is 0. The van der Waals surface area contributed by atoms with Gasteiger partial charge in [0.1, 0.15) is 5.78 Å². The summed E-state index contributed by atoms with van der Waals surface area (Å²) >= 11 is 0. The number of hydrogen-bond acceptors (Lipinski definition) is 5. The number of unbranched alkanes of at least 4 members (excludes halogenated alkanes) is 1. The number of carbonyl (C=O) groups excluding carboxylic acids is 2. The summed E-state index contributed by atoms with van der Waals surface area (Å²) in [4.78, 5) is 30.4. The molecule has 1 saturated heterocycles. The summed E-state index contributed by atoms with van der Waals surface area (Å²) in [5.41, 5.74) is 0. The largest absolute Gasteiger partial charge is 0.356 e. The highest BCUT2D eigenvalue weighted by Gasteiger charge is 2.17. The van der Waals surface area contributed by atoms with Gasteiger partial charge < -0.3 is 20.0 Å². The zero-order chi connectivity index (χ0) is 19.2. The van der Waals surface area contributed by atoms with Crippen molar-refractivity contribution in [2.24, 2.45) is 0 Å². The third-order valence-electron chi connectivity index (χ3n) is 5.15. The molecule has 0 aliphatic carbocycles. The van der Waals surface area contributed by atoms with E-state index in [0.717, 1.165) is 65.3 Å². The van der Waals surface area contributed by atoms with Gasteiger partial charge in [0.05, 0.1) is 0 Å². The normalized spacial score (nSPS) is 16.2. The Labute approximate surface area is 160 Å². The van der Waals surface area contributed by atoms with Crippen molar-refractivity contribution in [3.05, 3.63) is 0 Å². The molecule has 6 heteroatoms. The fourth-order valence-electron chi connectivity index (χ4n) is 3.16. The summed E-state index contributed by atoms with van der Waals surface area (Å²) in [6.45, 7) is 12.8. The minimum atomic E-state index is 0.164. The summed E-state index contributed by atoms with van der Waals surface area (Å²) in [6.07, 6.45) is 5.38. The molecule has 0 aromatic rings. The molecule has 0 spiro atoms. The van der Waals surface area contributed by atoms with Gasteiger partial charge in [-0.2, -0.15) is 0 Å². The molecule has 6 nitrogen and oxygen atoms in total. The van der Waals surface area contributed by atoms with Crippen molar-refractivity contribution >= 4 is 11.7 Å². The molecule has 26 heavy (non-hydrogen) atoms. The van der Waals surface area contributed by atoms with E-state index in [4.69, 9.17) is 0 Å². The van der Waals surface area contributed by atoms with Gasteiger partial charge in [-0.3, -0.25) is 9.59 Å². The lowest BCUT2D eigenvalue weighted by Crippen LogP contribution is -2.47. The lowest BCUT2D eigenvalue weighted by molar-refractivity contribution is -0.122. The number of rotatable bonds is 14. The van der Waals surface area contributed by atoms with Gasteiger partial charge in [0.25, 0.3) is 0 Å². The molecule has 0 unspecified atom stereocenters. The van der Waals surface area contributed by atoms with Crippen molar-refractivity contribution in [2.75, 3.05) is 66.0 Å². The molecule has 1 N–H and O–H groups in total. The zero-order valence-electron chi connectivity index (χ0n) is 17.3. The Kier molecular flexibility index (Phi) is 12.5. The van der Waals surface area contributed by atoms with Crippen LogP contribution in [0.3, 0.4) is 0 Å². The van der Waals surface area contributed by atoms with Crippen molar-refractivity contribution in [1.82, 2.24) is 20.0 Å². The maximum atomic E-state index is 12.0. The summed E-state index contributed by atoms with van der Waals surface area (Å²) in [5, 5.41) is 3.04. The van der Waals surface area contributed by atoms with Gasteiger partial charge in [-0.25, -0.2) is 0 Å². The maximum absolute atomic E-state index is 12.0. The second kappa shape index (κ2) is 14.1. The SMILES string of the molecule is CCCCN(C)CCCNC(=O)CCN1CCN(CCC(=O)CC)CC1. The minimum Gasteiger partial charge on any atom is -0.356 e. The Morgan fingerprint density at radius 2 is 1.50 bits per heavy atom. The van der Waals surface area contributed by atoms with Crippen LogP contribution >= 0.6 is 0 Å². The van der Waals surface area contributed by atoms with Crippen molar-refractivity contribution in [2.45, 2.75) is 52.4 Å². The molecule has 152 valence electrons. The van der Waals surface area contributed by atoms with E-state index in [1.54, 1.807) is 0 Å². The number of Topliss-reactive ketones (excluding diaryl/α,β-unsaturated/α-hetero) is 1. The molecule has 0 radical (unpaired) electrons. The Morgan fingerprint density at radius 3 is 2.08 bits per heavy atom. The van der Waals surface area contributed by atoms with Crippen LogP contribution in [0.5, 0.6) is 0 Å². The number of nitrogens with one attached hydrogen (secondary N) is 1. The van der Waals surface area contributed by atoms with E-state index < -0.39 is 0 Å². The molecule has 1 aliphatic heterocycles. The van der Waals surface area contributed by atoms with Crippen LogP contribution in [-0.2, 0) is 9.59 Å². The Hall–Kier alpha value is -0.980. The molecule has 1 rings (SSSR count). The van der Waals surface area contributed by atoms with Gasteiger partial charge in [-0.05, 0) is 33.0 Å². The highest BCUT2D eigenvalue weighted by Crippen LogP contribution is 2.04. The first-order valence-electron chi connectivity index (χ1n) is 10.5. The Bertz CT molecular complexity index is 395. The number of piperazine rings is 1. The molecule has 1 heterocycles. The zero-order valence-corrected chi connectivity index (χ0v) is 17.3. The lowest BCUT2D eigenvalue weighted by Gasteiger charge is -2.34. The van der Waals surface area contributed by atoms with Crippen LogP contribution in [0.4, 0.5) is 0 Å². The van der Waals surface area contributed by atoms with Crippen LogP contribution in [0, 0.1) is 0 Å². The molecule has 1 fully saturated rings. The van der Waals surface area contributed by atoms with Crippen LogP contribution in [-0.4, -0.2) is 92.3 Å². The van der Waals surface area contributed by atoms with E-state index in [2.05, 4.69) is 34.0 Å². The fraction of sp³-hybridized carbons (Fsp3) is 0.900. The van der Waals surface area contributed by atoms with E-state index >= 15 is 0 Å². The van der Waals surface area contributed by atoms with Gasteiger partial charge in [0.2, 0.25) is 5.91 Å². The van der Waals surface area contributed by atoms with Crippen LogP contribution in [0.1, 0.15) is 52.4 Å². The van der Waals surface area contributed by atoms with E-state index in [9.17, 15) is 9.59 Å². The quantitative estimate of drug-likeness (QED) is 0.472. The van der Waals surface area contributed by atoms with E-state index in [1.807, 2.05) is 6.92 Å². The van der Waals surface area contributed by atoms with Gasteiger partial charge in [-0.15, -0.1) is 0 Å². The average Bonchev–Trinajstić information content (AvgIpc) is 2.66. The molecule has 1 amide bonds. The second-order valence-electron chi connectivity index (χ2n) is 7.44. The van der Waals surface area contributed by atoms with Gasteiger partial charge in [0, 0.05) is 65.1 Å². The van der Waals surface area contributed by atoms with Crippen LogP contribution in [0.15, 0.2) is 0 Å². The van der Waals surface area contributed by atoms with E-state index in [-0.39, 0.29) is 5.91 Å². The molecule has 0 bridgehead atoms. The first-order valence-corrected chi connectivity index (χ1v) is 10.5. The molecule has 0 atom stereocenters. The van der Waals surface area contributed by atoms with Crippen molar-refractivity contribution in [1.29, 1.82) is 0 Å². The Morgan fingerprint density at radius 1 is 0.923 bits per heavy atom. The smallest absolute Gasteiger partial charge is 0.221 e. The van der Waals surface area contributed by atoms with Gasteiger partial charge in [-0.1, -0.05) is 20.3 Å². The first kappa shape index (κ1) is 23.1. The highest BCUT2D eigenvalue weighted by molar-refractivity contribution is 5.78. The summed E-state index contributed by atoms with van der Waals surface area (Å²) in [5.74, 6) is 0.512. The molecule has 0 aromatic carbocycles. The fourth-order valence-corrected chi connectivity index (χ4v) is 3.16. The highest BCUT2D eigenvalue weighted by atomic mass is 16.1. The van der Waals surface area contributed by atoms with Crippen LogP contribution < -0.4 is 5.32 Å². The molecule has 0 aromatic heterocycles. The van der Waals surface area contributed by atoms with Crippen LogP contribution in [0.25, 0.3) is 0 Å². The predicted molar refractivity (Wildman–Crippen MR) is 107 cm³/mol. The van der Waals surface area contributed by atoms with E-state index in [1.165, 1.54) is 12.8 Å². The van der Waals surface area contributed by atoms with E-state index in [0.29, 0.717) is 25.0 Å². The number of amides is 1. The third kappa shape index (κ3) is 10.9. The number of hydrogen-bond donors (Lipinski definition) is 1. The topological polar surface area (TPSA) is 55.9 Å². The van der Waals surface area contributed by atoms with Crippen molar-refractivity contribution in [3.63, 3.8) is 0 Å². The number of ketones is 1. The maximum Gasteiger partial charge on any atom is 0.221 e. The predicted octanol–water partition coefficient (Wildman–Crippen LogP) is 1.60. The molecule has 0 saturated carbocycles. The third-order valence-corrected chi connectivity index (χ3v) is 5.15. The van der Waals surface area contributed by atoms with Gasteiger partial charge >= 0.3 is 0 Å². The average molecular weight is 369 g/mol. The molecule has 1 aliphatic rings. The standard InChI is InChI=1S/C20H40N4O2/c1-4-6-11-22(3)12-7-10-21-20(26)9-14-24-17-15-23(16-18-24)13-8-19(25)5-2/h4-18H2,1-3H3,(H,21,26).